The molecule has 22 heavy (non-hydrogen) atoms. The quantitative estimate of drug-likeness (QED) is 0.768. The molecule has 1 N–H and O–H groups in total. The molecule has 1 heterocycles. The molecular formula is C17H16BrN3O. The number of fused-ring (bicyclic) bond motifs is 1. The summed E-state index contributed by atoms with van der Waals surface area (Å²) in [7, 11) is 0. The average Bonchev–Trinajstić information content (AvgIpc) is 2.84. The van der Waals surface area contributed by atoms with Crippen molar-refractivity contribution in [3.63, 3.8) is 0 Å². The van der Waals surface area contributed by atoms with Crippen LogP contribution in [0, 0.1) is 13.8 Å². The SMILES string of the molecule is Cc1cc2ncn(CC(=O)Nc3ccc(Br)cc3)c2cc1C. The molecule has 0 spiro atoms. The van der Waals surface area contributed by atoms with Gasteiger partial charge in [-0.1, -0.05) is 15.9 Å². The first kappa shape index (κ1) is 14.8. The number of hydrogen-bond acceptors (Lipinski definition) is 2. The lowest BCUT2D eigenvalue weighted by Gasteiger charge is -2.08. The maximum atomic E-state index is 12.2. The minimum absolute atomic E-state index is 0.0696. The van der Waals surface area contributed by atoms with Gasteiger partial charge in [-0.05, 0) is 61.4 Å². The van der Waals surface area contributed by atoms with Crippen LogP contribution in [-0.2, 0) is 11.3 Å². The number of aromatic nitrogens is 2. The smallest absolute Gasteiger partial charge is 0.244 e. The standard InChI is InChI=1S/C17H16BrN3O/c1-11-7-15-16(8-12(11)2)21(10-19-15)9-17(22)20-14-5-3-13(18)4-6-14/h3-8,10H,9H2,1-2H3,(H,20,22). The number of rotatable bonds is 3. The van der Waals surface area contributed by atoms with Gasteiger partial charge in [0, 0.05) is 10.2 Å². The van der Waals surface area contributed by atoms with E-state index in [4.69, 9.17) is 0 Å². The second-order valence-electron chi connectivity index (χ2n) is 5.35. The Morgan fingerprint density at radius 1 is 1.18 bits per heavy atom. The third-order valence-corrected chi connectivity index (χ3v) is 4.21. The summed E-state index contributed by atoms with van der Waals surface area (Å²) in [6.07, 6.45) is 1.71. The van der Waals surface area contributed by atoms with Crippen LogP contribution < -0.4 is 5.32 Å². The average molecular weight is 358 g/mol. The van der Waals surface area contributed by atoms with Crippen molar-refractivity contribution in [3.05, 3.63) is 58.3 Å². The Labute approximate surface area is 137 Å². The normalized spacial score (nSPS) is 10.9. The highest BCUT2D eigenvalue weighted by Gasteiger charge is 2.09. The number of nitrogens with one attached hydrogen (secondary N) is 1. The number of hydrogen-bond donors (Lipinski definition) is 1. The molecule has 0 aliphatic rings. The van der Waals surface area contributed by atoms with Crippen LogP contribution in [0.15, 0.2) is 47.2 Å². The molecule has 0 unspecified atom stereocenters. The van der Waals surface area contributed by atoms with E-state index in [1.54, 1.807) is 6.33 Å². The minimum atomic E-state index is -0.0696. The number of halogens is 1. The summed E-state index contributed by atoms with van der Waals surface area (Å²) in [5.74, 6) is -0.0696. The van der Waals surface area contributed by atoms with Crippen molar-refractivity contribution in [1.29, 1.82) is 0 Å². The van der Waals surface area contributed by atoms with Gasteiger partial charge < -0.3 is 9.88 Å². The van der Waals surface area contributed by atoms with E-state index in [0.717, 1.165) is 21.2 Å². The Morgan fingerprint density at radius 3 is 2.59 bits per heavy atom. The molecule has 0 aliphatic carbocycles. The Morgan fingerprint density at radius 2 is 1.86 bits per heavy atom. The van der Waals surface area contributed by atoms with Gasteiger partial charge in [0.2, 0.25) is 5.91 Å². The Hall–Kier alpha value is -2.14. The second kappa shape index (κ2) is 5.93. The fraction of sp³-hybridized carbons (Fsp3) is 0.176. The molecule has 0 aliphatic heterocycles. The van der Waals surface area contributed by atoms with E-state index in [-0.39, 0.29) is 12.5 Å². The van der Waals surface area contributed by atoms with E-state index in [1.807, 2.05) is 34.9 Å². The van der Waals surface area contributed by atoms with Gasteiger partial charge in [-0.3, -0.25) is 4.79 Å². The number of anilines is 1. The third kappa shape index (κ3) is 3.04. The number of carbonyl (C=O) groups excluding carboxylic acids is 1. The van der Waals surface area contributed by atoms with E-state index in [0.29, 0.717) is 0 Å². The number of amides is 1. The molecule has 1 aromatic heterocycles. The Bertz CT molecular complexity index is 837. The van der Waals surface area contributed by atoms with Gasteiger partial charge >= 0.3 is 0 Å². The molecule has 3 rings (SSSR count). The molecule has 0 bridgehead atoms. The summed E-state index contributed by atoms with van der Waals surface area (Å²) in [5, 5.41) is 2.89. The highest BCUT2D eigenvalue weighted by atomic mass is 79.9. The van der Waals surface area contributed by atoms with E-state index in [1.165, 1.54) is 11.1 Å². The summed E-state index contributed by atoms with van der Waals surface area (Å²) < 4.78 is 2.85. The van der Waals surface area contributed by atoms with Crippen molar-refractivity contribution in [2.75, 3.05) is 5.32 Å². The molecule has 112 valence electrons. The zero-order valence-corrected chi connectivity index (χ0v) is 14.0. The first-order chi connectivity index (χ1) is 10.5. The number of carbonyl (C=O) groups is 1. The lowest BCUT2D eigenvalue weighted by Crippen LogP contribution is -2.18. The molecule has 0 saturated carbocycles. The van der Waals surface area contributed by atoms with Crippen molar-refractivity contribution < 1.29 is 4.79 Å². The molecule has 4 nitrogen and oxygen atoms in total. The van der Waals surface area contributed by atoms with Gasteiger partial charge in [-0.2, -0.15) is 0 Å². The van der Waals surface area contributed by atoms with Gasteiger partial charge in [0.1, 0.15) is 6.54 Å². The summed E-state index contributed by atoms with van der Waals surface area (Å²) in [6.45, 7) is 4.37. The molecular weight excluding hydrogens is 342 g/mol. The molecule has 0 fully saturated rings. The summed E-state index contributed by atoms with van der Waals surface area (Å²) in [6, 6.07) is 11.6. The zero-order valence-electron chi connectivity index (χ0n) is 12.4. The minimum Gasteiger partial charge on any atom is -0.325 e. The van der Waals surface area contributed by atoms with Crippen LogP contribution in [0.5, 0.6) is 0 Å². The maximum Gasteiger partial charge on any atom is 0.244 e. The fourth-order valence-electron chi connectivity index (χ4n) is 2.33. The highest BCUT2D eigenvalue weighted by molar-refractivity contribution is 9.10. The molecule has 0 atom stereocenters. The molecule has 0 saturated heterocycles. The number of imidazole rings is 1. The number of nitrogens with zero attached hydrogens (tertiary/aromatic N) is 2. The van der Waals surface area contributed by atoms with Gasteiger partial charge in [-0.25, -0.2) is 4.98 Å². The van der Waals surface area contributed by atoms with Crippen LogP contribution in [0.25, 0.3) is 11.0 Å². The third-order valence-electron chi connectivity index (χ3n) is 3.68. The molecule has 0 radical (unpaired) electrons. The predicted octanol–water partition coefficient (Wildman–Crippen LogP) is 4.05. The van der Waals surface area contributed by atoms with Crippen LogP contribution in [0.4, 0.5) is 5.69 Å². The topological polar surface area (TPSA) is 46.9 Å². The molecule has 1 amide bonds. The van der Waals surface area contributed by atoms with Crippen molar-refractivity contribution >= 4 is 38.6 Å². The zero-order chi connectivity index (χ0) is 15.7. The van der Waals surface area contributed by atoms with Gasteiger partial charge in [0.05, 0.1) is 17.4 Å². The van der Waals surface area contributed by atoms with Crippen LogP contribution in [0.2, 0.25) is 0 Å². The van der Waals surface area contributed by atoms with E-state index < -0.39 is 0 Å². The van der Waals surface area contributed by atoms with E-state index >= 15 is 0 Å². The number of aryl methyl sites for hydroxylation is 2. The molecule has 2 aromatic carbocycles. The molecule has 3 aromatic rings. The lowest BCUT2D eigenvalue weighted by molar-refractivity contribution is -0.116. The Kier molecular flexibility index (Phi) is 3.98. The fourth-order valence-corrected chi connectivity index (χ4v) is 2.59. The summed E-state index contributed by atoms with van der Waals surface area (Å²) in [5.41, 5.74) is 5.08. The van der Waals surface area contributed by atoms with Crippen molar-refractivity contribution in [1.82, 2.24) is 9.55 Å². The van der Waals surface area contributed by atoms with E-state index in [2.05, 4.69) is 46.1 Å². The first-order valence-corrected chi connectivity index (χ1v) is 7.80. The second-order valence-corrected chi connectivity index (χ2v) is 6.27. The highest BCUT2D eigenvalue weighted by Crippen LogP contribution is 2.19. The lowest BCUT2D eigenvalue weighted by atomic mass is 10.1. The number of benzene rings is 2. The van der Waals surface area contributed by atoms with Gasteiger partial charge in [0.25, 0.3) is 0 Å². The van der Waals surface area contributed by atoms with Crippen molar-refractivity contribution in [2.45, 2.75) is 20.4 Å². The summed E-state index contributed by atoms with van der Waals surface area (Å²) >= 11 is 3.37. The van der Waals surface area contributed by atoms with Gasteiger partial charge in [-0.15, -0.1) is 0 Å². The first-order valence-electron chi connectivity index (χ1n) is 7.00. The summed E-state index contributed by atoms with van der Waals surface area (Å²) in [4.78, 5) is 16.6. The molecule has 5 heteroatoms. The van der Waals surface area contributed by atoms with Crippen LogP contribution in [-0.4, -0.2) is 15.5 Å². The Balaban J connectivity index is 1.79. The van der Waals surface area contributed by atoms with Crippen LogP contribution >= 0.6 is 15.9 Å². The van der Waals surface area contributed by atoms with Crippen LogP contribution in [0.1, 0.15) is 11.1 Å². The van der Waals surface area contributed by atoms with Crippen molar-refractivity contribution in [3.8, 4) is 0 Å². The predicted molar refractivity (Wildman–Crippen MR) is 92.0 cm³/mol. The monoisotopic (exact) mass is 357 g/mol. The van der Waals surface area contributed by atoms with Crippen LogP contribution in [0.3, 0.4) is 0 Å². The maximum absolute atomic E-state index is 12.2. The largest absolute Gasteiger partial charge is 0.325 e. The van der Waals surface area contributed by atoms with Gasteiger partial charge in [0.15, 0.2) is 0 Å². The van der Waals surface area contributed by atoms with E-state index in [9.17, 15) is 4.79 Å². The van der Waals surface area contributed by atoms with Crippen molar-refractivity contribution in [2.24, 2.45) is 0 Å².